The second kappa shape index (κ2) is 50.8. The number of nitrogens with one attached hydrogen (secondary N) is 7. The van der Waals surface area contributed by atoms with Gasteiger partial charge in [0.05, 0.1) is 5.41 Å². The number of esters is 9. The van der Waals surface area contributed by atoms with Crippen LogP contribution in [0.4, 0.5) is 0 Å². The number of unbranched alkanes of at least 4 members (excludes halogenated alkanes) is 3. The highest BCUT2D eigenvalue weighted by atomic mass is 16.7. The molecule has 15 unspecified atom stereocenters. The van der Waals surface area contributed by atoms with Gasteiger partial charge >= 0.3 is 59.7 Å². The normalized spacial score (nSPS) is 23.2. The Morgan fingerprint density at radius 2 is 0.701 bits per heavy atom. The van der Waals surface area contributed by atoms with Crippen molar-refractivity contribution in [1.29, 1.82) is 0 Å². The third-order valence-electron chi connectivity index (χ3n) is 17.9. The molecule has 0 aromatic carbocycles. The summed E-state index contributed by atoms with van der Waals surface area (Å²) in [6, 6.07) is -5.17. The Bertz CT molecular complexity index is 3290. The van der Waals surface area contributed by atoms with Crippen LogP contribution in [0.3, 0.4) is 0 Å². The Morgan fingerprint density at radius 1 is 0.393 bits per heavy atom. The summed E-state index contributed by atoms with van der Waals surface area (Å²) >= 11 is 0. The van der Waals surface area contributed by atoms with E-state index in [4.69, 9.17) is 71.1 Å². The molecule has 42 nitrogen and oxygen atoms in total. The summed E-state index contributed by atoms with van der Waals surface area (Å²) in [4.78, 5) is 230. The number of hydrogen-bond donors (Lipinski definition) is 8. The van der Waals surface area contributed by atoms with Crippen LogP contribution in [0.25, 0.3) is 0 Å². The van der Waals surface area contributed by atoms with Gasteiger partial charge < -0.3 is 118 Å². The number of nitrogens with zero attached hydrogens (tertiary/aromatic N) is 1. The van der Waals surface area contributed by atoms with Crippen LogP contribution in [0.1, 0.15) is 194 Å². The van der Waals surface area contributed by atoms with Gasteiger partial charge in [0.15, 0.2) is 55.5 Å². The zero-order valence-electron chi connectivity index (χ0n) is 69.4. The first-order chi connectivity index (χ1) is 54.8. The number of ether oxygens (including phenoxy) is 15. The molecule has 3 heterocycles. The van der Waals surface area contributed by atoms with Crippen molar-refractivity contribution in [2.75, 3.05) is 65.8 Å². The minimum atomic E-state index is -1.41. The maximum atomic E-state index is 14.6. The molecule has 0 saturated carbocycles. The van der Waals surface area contributed by atoms with Crippen LogP contribution in [0, 0.1) is 5.41 Å². The largest absolute Gasteiger partial charge is 0.481 e. The van der Waals surface area contributed by atoms with Gasteiger partial charge in [-0.05, 0) is 85.5 Å². The molecular formula is C75H118N8O34. The Labute approximate surface area is 678 Å². The number of carboxylic acids is 1. The van der Waals surface area contributed by atoms with Crippen LogP contribution in [0.15, 0.2) is 0 Å². The molecule has 8 N–H and O–H groups in total. The number of carbonyl (C=O) groups is 18. The van der Waals surface area contributed by atoms with E-state index in [1.54, 1.807) is 13.8 Å². The van der Waals surface area contributed by atoms with Crippen molar-refractivity contribution in [3.63, 3.8) is 0 Å². The van der Waals surface area contributed by atoms with Crippen LogP contribution < -0.4 is 37.2 Å². The van der Waals surface area contributed by atoms with E-state index in [0.717, 1.165) is 62.3 Å². The van der Waals surface area contributed by atoms with Gasteiger partial charge in [-0.1, -0.05) is 0 Å². The van der Waals surface area contributed by atoms with E-state index >= 15 is 0 Å². The monoisotopic (exact) mass is 1670 g/mol. The van der Waals surface area contributed by atoms with Crippen molar-refractivity contribution < 1.29 is 162 Å². The van der Waals surface area contributed by atoms with E-state index in [9.17, 15) is 91.4 Å². The standard InChI is InChI=1S/C75H118N8O34/c1-40(84)78-60-66(112-49(10)93)63(109-46(7)90)53(37-106-43(4)87)115-70(60)103-34-20-17-23-56(96)76-30-32-83(33-31-77-57(97)24-18-21-35-104-71-61(79-41(2)85)67(113-50(11)94)64(110-47(8)91)54(116-71)38-107-44(5)88)59(99)27-26-52(69(100)82-75(15,16)29-28-74(13,14)73(101)102)81-58(98)25-19-22-36-105-72-62(80-42(3)86)68(114-51(12)95)65(111-48(9)92)55(117-72)39-108-45(6)89/h52-55,60-68,70-72H,17-39H2,1-16H3,(H,76,96)(H,77,97)(H,78,84)(H,79,85)(H,80,86)(H,81,98)(H,82,100)(H,101,102)/t52-,53?,54?,55?,60?,61?,62?,63?,64?,65?,66?,67?,68?,70?,71?,72?/m0/s1. The molecule has 0 aromatic heterocycles. The topological polar surface area (TPSA) is 553 Å². The van der Waals surface area contributed by atoms with Gasteiger partial charge in [0.25, 0.3) is 0 Å². The maximum Gasteiger partial charge on any atom is 0.309 e. The second-order valence-electron chi connectivity index (χ2n) is 29.4. The van der Waals surface area contributed by atoms with Crippen LogP contribution in [0.2, 0.25) is 0 Å². The zero-order chi connectivity index (χ0) is 88.0. The van der Waals surface area contributed by atoms with Crippen LogP contribution in [-0.4, -0.2) is 286 Å². The summed E-state index contributed by atoms with van der Waals surface area (Å²) in [5.41, 5.74) is -2.28. The molecule has 0 aliphatic carbocycles. The van der Waals surface area contributed by atoms with E-state index in [0.29, 0.717) is 0 Å². The van der Waals surface area contributed by atoms with E-state index in [-0.39, 0.29) is 123 Å². The third kappa shape index (κ3) is 38.9. The highest BCUT2D eigenvalue weighted by Crippen LogP contribution is 2.33. The summed E-state index contributed by atoms with van der Waals surface area (Å²) in [5, 5.41) is 28.8. The SMILES string of the molecule is CC(=O)NC1C(OCCCCC(=O)NCCN(CCNC(=O)CCCCOC2OC(COC(C)=O)C(OC(C)=O)C(OC(C)=O)C2NC(C)=O)C(=O)CC[C@H](NC(=O)CCCCOC2OC(COC(C)=O)C(OC(C)=O)C(OC(C)=O)C2NC(C)=O)C(=O)NC(C)(C)CCC(C)(C)C(=O)O)OC(COC(C)=O)C(OC(C)=O)C1OC(C)=O. The molecule has 0 aromatic rings. The number of aliphatic carboxylic acids is 1. The quantitative estimate of drug-likeness (QED) is 0.0219. The molecular weight excluding hydrogens is 1560 g/mol. The van der Waals surface area contributed by atoms with E-state index < -0.39 is 242 Å². The van der Waals surface area contributed by atoms with E-state index in [2.05, 4.69) is 37.2 Å². The Kier molecular flexibility index (Phi) is 44.0. The predicted octanol–water partition coefficient (Wildman–Crippen LogP) is -0.373. The maximum absolute atomic E-state index is 14.6. The number of carboxylic acid groups (broad SMARTS) is 1. The average Bonchev–Trinajstić information content (AvgIpc) is 0.837. The lowest BCUT2D eigenvalue weighted by Crippen LogP contribution is -2.66. The molecule has 3 aliphatic heterocycles. The van der Waals surface area contributed by atoms with Gasteiger partial charge in [-0.3, -0.25) is 86.3 Å². The van der Waals surface area contributed by atoms with Gasteiger partial charge in [-0.2, -0.15) is 0 Å². The number of carbonyl (C=O) groups excluding carboxylic acids is 17. The smallest absolute Gasteiger partial charge is 0.309 e. The van der Waals surface area contributed by atoms with Gasteiger partial charge in [0, 0.05) is 160 Å². The summed E-state index contributed by atoms with van der Waals surface area (Å²) in [5.74, 6) is -12.9. The van der Waals surface area contributed by atoms with Crippen molar-refractivity contribution in [3.8, 4) is 0 Å². The number of amides is 8. The lowest BCUT2D eigenvalue weighted by Gasteiger charge is -2.44. The van der Waals surface area contributed by atoms with Gasteiger partial charge in [-0.25, -0.2) is 0 Å². The molecule has 16 atom stereocenters. The van der Waals surface area contributed by atoms with Crippen LogP contribution >= 0.6 is 0 Å². The molecule has 0 bridgehead atoms. The number of hydrogen-bond acceptors (Lipinski definition) is 33. The first-order valence-corrected chi connectivity index (χ1v) is 38.5. The second-order valence-corrected chi connectivity index (χ2v) is 29.4. The fraction of sp³-hybridized carbons (Fsp3) is 0.760. The lowest BCUT2D eigenvalue weighted by atomic mass is 9.83. The molecule has 0 radical (unpaired) electrons. The zero-order valence-corrected chi connectivity index (χ0v) is 69.4. The van der Waals surface area contributed by atoms with Crippen LogP contribution in [0.5, 0.6) is 0 Å². The summed E-state index contributed by atoms with van der Waals surface area (Å²) in [7, 11) is 0. The molecule has 3 fully saturated rings. The van der Waals surface area contributed by atoms with Crippen molar-refractivity contribution >= 4 is 107 Å². The van der Waals surface area contributed by atoms with Gasteiger partial charge in [0.2, 0.25) is 47.3 Å². The first kappa shape index (κ1) is 101. The minimum absolute atomic E-state index is 0.0895. The molecule has 8 amide bonds. The van der Waals surface area contributed by atoms with Crippen molar-refractivity contribution in [1.82, 2.24) is 42.1 Å². The van der Waals surface area contributed by atoms with Crippen LogP contribution in [-0.2, 0) is 157 Å². The van der Waals surface area contributed by atoms with Crippen molar-refractivity contribution in [2.24, 2.45) is 5.41 Å². The third-order valence-corrected chi connectivity index (χ3v) is 17.9. The molecule has 3 aliphatic rings. The van der Waals surface area contributed by atoms with E-state index in [1.165, 1.54) is 39.5 Å². The molecule has 3 saturated heterocycles. The molecule has 662 valence electrons. The first-order valence-electron chi connectivity index (χ1n) is 38.5. The minimum Gasteiger partial charge on any atom is -0.481 e. The fourth-order valence-electron chi connectivity index (χ4n) is 12.4. The molecule has 42 heteroatoms. The van der Waals surface area contributed by atoms with Crippen molar-refractivity contribution in [2.45, 2.75) is 298 Å². The Hall–Kier alpha value is -9.78. The lowest BCUT2D eigenvalue weighted by molar-refractivity contribution is -0.277. The fourth-order valence-corrected chi connectivity index (χ4v) is 12.4. The van der Waals surface area contributed by atoms with Crippen molar-refractivity contribution in [3.05, 3.63) is 0 Å². The summed E-state index contributed by atoms with van der Waals surface area (Å²) < 4.78 is 84.6. The highest BCUT2D eigenvalue weighted by Gasteiger charge is 2.54. The highest BCUT2D eigenvalue weighted by molar-refractivity contribution is 5.89. The summed E-state index contributed by atoms with van der Waals surface area (Å²) in [6.07, 6.45) is -16.1. The predicted molar refractivity (Wildman–Crippen MR) is 398 cm³/mol. The Morgan fingerprint density at radius 3 is 0.991 bits per heavy atom. The molecule has 117 heavy (non-hydrogen) atoms. The van der Waals surface area contributed by atoms with E-state index in [1.807, 2.05) is 0 Å². The van der Waals surface area contributed by atoms with Gasteiger partial charge in [0.1, 0.15) is 62.3 Å². The van der Waals surface area contributed by atoms with Gasteiger partial charge in [-0.15, -0.1) is 0 Å². The molecule has 3 rings (SSSR count). The number of rotatable bonds is 49. The summed E-state index contributed by atoms with van der Waals surface area (Å²) in [6.45, 7) is 17.3. The molecule has 0 spiro atoms. The average molecular weight is 1680 g/mol. The Balaban J connectivity index is 1.88.